The van der Waals surface area contributed by atoms with Crippen molar-refractivity contribution in [1.82, 2.24) is 0 Å². The Kier molecular flexibility index (Phi) is 5.71. The van der Waals surface area contributed by atoms with E-state index in [1.54, 1.807) is 0 Å². The SMILES string of the molecule is [CH2]C(C=O)CCCC([CH2])C=O. The molecule has 0 aliphatic rings. The van der Waals surface area contributed by atoms with Crippen LogP contribution in [0.1, 0.15) is 19.3 Å². The molecule has 2 atom stereocenters. The average Bonchev–Trinajstić information content (AvgIpc) is 2.04. The smallest absolute Gasteiger partial charge is 0.123 e. The van der Waals surface area contributed by atoms with E-state index in [4.69, 9.17) is 0 Å². The van der Waals surface area contributed by atoms with E-state index in [0.29, 0.717) is 0 Å². The number of aldehydes is 2. The molecule has 2 unspecified atom stereocenters. The van der Waals surface area contributed by atoms with E-state index in [-0.39, 0.29) is 11.8 Å². The standard InChI is InChI=1S/C9H14O2/c1-8(6-10)4-3-5-9(2)7-11/h6-9H,1-5H2. The van der Waals surface area contributed by atoms with E-state index in [1.807, 2.05) is 0 Å². The fourth-order valence-corrected chi connectivity index (χ4v) is 0.778. The lowest BCUT2D eigenvalue weighted by molar-refractivity contribution is -0.110. The van der Waals surface area contributed by atoms with Crippen LogP contribution in [-0.2, 0) is 9.59 Å². The summed E-state index contributed by atoms with van der Waals surface area (Å²) in [6.07, 6.45) is 4.02. The van der Waals surface area contributed by atoms with Crippen molar-refractivity contribution in [3.05, 3.63) is 13.8 Å². The van der Waals surface area contributed by atoms with Crippen LogP contribution in [0, 0.1) is 25.7 Å². The lowest BCUT2D eigenvalue weighted by atomic mass is 10.0. The number of hydrogen-bond donors (Lipinski definition) is 0. The minimum atomic E-state index is -0.131. The Hall–Kier alpha value is -0.660. The molecule has 11 heavy (non-hydrogen) atoms. The van der Waals surface area contributed by atoms with Gasteiger partial charge in [-0.15, -0.1) is 0 Å². The van der Waals surface area contributed by atoms with Crippen LogP contribution in [0.25, 0.3) is 0 Å². The van der Waals surface area contributed by atoms with Crippen molar-refractivity contribution in [2.45, 2.75) is 19.3 Å². The quantitative estimate of drug-likeness (QED) is 0.543. The zero-order valence-corrected chi connectivity index (χ0v) is 6.66. The monoisotopic (exact) mass is 154 g/mol. The predicted molar refractivity (Wildman–Crippen MR) is 43.7 cm³/mol. The highest BCUT2D eigenvalue weighted by Gasteiger charge is 2.02. The van der Waals surface area contributed by atoms with Gasteiger partial charge >= 0.3 is 0 Å². The van der Waals surface area contributed by atoms with Crippen LogP contribution in [0.4, 0.5) is 0 Å². The Morgan fingerprint density at radius 1 is 1.00 bits per heavy atom. The molecule has 2 nitrogen and oxygen atoms in total. The molecule has 0 rings (SSSR count). The lowest BCUT2D eigenvalue weighted by Crippen LogP contribution is -2.00. The second kappa shape index (κ2) is 6.08. The van der Waals surface area contributed by atoms with Gasteiger partial charge in [0.25, 0.3) is 0 Å². The van der Waals surface area contributed by atoms with Gasteiger partial charge in [-0.2, -0.15) is 0 Å². The third-order valence-electron chi connectivity index (χ3n) is 1.53. The van der Waals surface area contributed by atoms with Gasteiger partial charge in [-0.05, 0) is 26.7 Å². The van der Waals surface area contributed by atoms with Gasteiger partial charge in [0.05, 0.1) is 0 Å². The van der Waals surface area contributed by atoms with Crippen molar-refractivity contribution < 1.29 is 9.59 Å². The topological polar surface area (TPSA) is 34.1 Å². The summed E-state index contributed by atoms with van der Waals surface area (Å²) in [5, 5.41) is 0. The molecule has 0 aromatic carbocycles. The molecule has 0 bridgehead atoms. The third-order valence-corrected chi connectivity index (χ3v) is 1.53. The molecule has 0 N–H and O–H groups in total. The van der Waals surface area contributed by atoms with E-state index in [1.165, 1.54) is 0 Å². The van der Waals surface area contributed by atoms with E-state index in [0.717, 1.165) is 31.8 Å². The molecule has 2 heteroatoms. The van der Waals surface area contributed by atoms with Crippen LogP contribution in [0.5, 0.6) is 0 Å². The first-order valence-electron chi connectivity index (χ1n) is 3.77. The van der Waals surface area contributed by atoms with E-state index >= 15 is 0 Å². The molecule has 0 saturated heterocycles. The molecule has 2 radical (unpaired) electrons. The van der Waals surface area contributed by atoms with Crippen LogP contribution in [0.15, 0.2) is 0 Å². The van der Waals surface area contributed by atoms with Gasteiger partial charge in [-0.25, -0.2) is 0 Å². The molecule has 0 amide bonds. The summed E-state index contributed by atoms with van der Waals surface area (Å²) in [4.78, 5) is 20.2. The van der Waals surface area contributed by atoms with Gasteiger partial charge in [-0.1, -0.05) is 6.42 Å². The predicted octanol–water partition coefficient (Wildman–Crippen LogP) is 1.46. The lowest BCUT2D eigenvalue weighted by Gasteiger charge is -2.04. The molecule has 62 valence electrons. The molecular weight excluding hydrogens is 140 g/mol. The summed E-state index contributed by atoms with van der Waals surface area (Å²) in [7, 11) is 0. The van der Waals surface area contributed by atoms with Crippen LogP contribution in [0.3, 0.4) is 0 Å². The molecule has 0 fully saturated rings. The minimum Gasteiger partial charge on any atom is -0.303 e. The largest absolute Gasteiger partial charge is 0.303 e. The molecular formula is C9H14O2. The summed E-state index contributed by atoms with van der Waals surface area (Å²) in [5.41, 5.74) is 0. The summed E-state index contributed by atoms with van der Waals surface area (Å²) in [6, 6.07) is 0. The maximum Gasteiger partial charge on any atom is 0.123 e. The first-order chi connectivity index (χ1) is 5.20. The number of hydrogen-bond acceptors (Lipinski definition) is 2. The first-order valence-corrected chi connectivity index (χ1v) is 3.77. The average molecular weight is 154 g/mol. The number of rotatable bonds is 6. The van der Waals surface area contributed by atoms with Crippen molar-refractivity contribution in [1.29, 1.82) is 0 Å². The van der Waals surface area contributed by atoms with Crippen LogP contribution >= 0.6 is 0 Å². The number of carbonyl (C=O) groups excluding carboxylic acids is 2. The Morgan fingerprint density at radius 2 is 1.36 bits per heavy atom. The molecule has 0 saturated carbocycles. The van der Waals surface area contributed by atoms with Crippen LogP contribution in [0.2, 0.25) is 0 Å². The fourth-order valence-electron chi connectivity index (χ4n) is 0.778. The summed E-state index contributed by atoms with van der Waals surface area (Å²) in [5.74, 6) is -0.261. The summed E-state index contributed by atoms with van der Waals surface area (Å²) >= 11 is 0. The maximum absolute atomic E-state index is 10.1. The van der Waals surface area contributed by atoms with Gasteiger partial charge in [0.15, 0.2) is 0 Å². The summed E-state index contributed by atoms with van der Waals surface area (Å²) in [6.45, 7) is 7.20. The van der Waals surface area contributed by atoms with Gasteiger partial charge in [-0.3, -0.25) is 0 Å². The van der Waals surface area contributed by atoms with Gasteiger partial charge in [0, 0.05) is 11.8 Å². The van der Waals surface area contributed by atoms with E-state index in [2.05, 4.69) is 13.8 Å². The summed E-state index contributed by atoms with van der Waals surface area (Å²) < 4.78 is 0. The second-order valence-electron chi connectivity index (χ2n) is 2.72. The Bertz CT molecular complexity index is 107. The molecule has 0 heterocycles. The van der Waals surface area contributed by atoms with Crippen molar-refractivity contribution in [2.24, 2.45) is 11.8 Å². The Balaban J connectivity index is 3.26. The van der Waals surface area contributed by atoms with Crippen LogP contribution in [-0.4, -0.2) is 12.6 Å². The zero-order valence-electron chi connectivity index (χ0n) is 6.66. The highest BCUT2D eigenvalue weighted by atomic mass is 16.1. The van der Waals surface area contributed by atoms with Crippen molar-refractivity contribution in [3.8, 4) is 0 Å². The van der Waals surface area contributed by atoms with E-state index in [9.17, 15) is 9.59 Å². The second-order valence-corrected chi connectivity index (χ2v) is 2.72. The zero-order chi connectivity index (χ0) is 8.69. The molecule has 0 aromatic rings. The highest BCUT2D eigenvalue weighted by Crippen LogP contribution is 2.08. The van der Waals surface area contributed by atoms with Gasteiger partial charge in [0.2, 0.25) is 0 Å². The molecule has 0 aliphatic carbocycles. The van der Waals surface area contributed by atoms with Crippen molar-refractivity contribution in [2.75, 3.05) is 0 Å². The minimum absolute atomic E-state index is 0.131. The Morgan fingerprint density at radius 3 is 1.64 bits per heavy atom. The van der Waals surface area contributed by atoms with Crippen molar-refractivity contribution >= 4 is 12.6 Å². The maximum atomic E-state index is 10.1. The fraction of sp³-hybridized carbons (Fsp3) is 0.556. The van der Waals surface area contributed by atoms with Crippen molar-refractivity contribution in [3.63, 3.8) is 0 Å². The van der Waals surface area contributed by atoms with Crippen LogP contribution < -0.4 is 0 Å². The van der Waals surface area contributed by atoms with Gasteiger partial charge in [0.1, 0.15) is 12.6 Å². The first kappa shape index (κ1) is 10.3. The molecule has 0 spiro atoms. The number of carbonyl (C=O) groups is 2. The van der Waals surface area contributed by atoms with Gasteiger partial charge < -0.3 is 9.59 Å². The Labute approximate surface area is 68.0 Å². The molecule has 0 aromatic heterocycles. The highest BCUT2D eigenvalue weighted by molar-refractivity contribution is 5.55. The normalized spacial score (nSPS) is 15.5. The molecule has 0 aliphatic heterocycles. The van der Waals surface area contributed by atoms with E-state index < -0.39 is 0 Å². The third kappa shape index (κ3) is 5.77.